The third kappa shape index (κ3) is 2.32. The molecular formula is C13H11Cl2N5O2. The minimum atomic E-state index is 0.241. The van der Waals surface area contributed by atoms with Crippen LogP contribution in [0.25, 0.3) is 22.4 Å². The first-order valence-corrected chi connectivity index (χ1v) is 6.94. The van der Waals surface area contributed by atoms with Crippen LogP contribution in [-0.2, 0) is 7.05 Å². The molecule has 9 heteroatoms. The third-order valence-corrected chi connectivity index (χ3v) is 3.79. The van der Waals surface area contributed by atoms with Crippen LogP contribution >= 0.6 is 23.2 Å². The van der Waals surface area contributed by atoms with Gasteiger partial charge in [-0.3, -0.25) is 4.68 Å². The number of hydrogen-bond acceptors (Lipinski definition) is 6. The van der Waals surface area contributed by atoms with E-state index in [2.05, 4.69) is 20.1 Å². The summed E-state index contributed by atoms with van der Waals surface area (Å²) in [4.78, 5) is 13.0. The average molecular weight is 340 g/mol. The number of ether oxygens (including phenoxy) is 2. The van der Waals surface area contributed by atoms with Gasteiger partial charge in [-0.2, -0.15) is 5.10 Å². The van der Waals surface area contributed by atoms with Crippen molar-refractivity contribution in [3.05, 3.63) is 22.4 Å². The number of nitrogens with zero attached hydrogens (tertiary/aromatic N) is 5. The van der Waals surface area contributed by atoms with Gasteiger partial charge in [0.1, 0.15) is 11.8 Å². The molecule has 0 atom stereocenters. The Balaban J connectivity index is 2.40. The van der Waals surface area contributed by atoms with Crippen LogP contribution in [0.5, 0.6) is 11.8 Å². The highest BCUT2D eigenvalue weighted by molar-refractivity contribution is 6.45. The summed E-state index contributed by atoms with van der Waals surface area (Å²) in [6.07, 6.45) is 1.56. The highest BCUT2D eigenvalue weighted by Crippen LogP contribution is 2.39. The fourth-order valence-electron chi connectivity index (χ4n) is 2.03. The molecule has 0 saturated carbocycles. The maximum atomic E-state index is 6.32. The zero-order chi connectivity index (χ0) is 15.9. The molecule has 0 N–H and O–H groups in total. The highest BCUT2D eigenvalue weighted by Gasteiger charge is 2.20. The van der Waals surface area contributed by atoms with Crippen LogP contribution in [0.1, 0.15) is 0 Å². The second-order valence-corrected chi connectivity index (χ2v) is 5.18. The van der Waals surface area contributed by atoms with E-state index in [-0.39, 0.29) is 11.8 Å². The predicted molar refractivity (Wildman–Crippen MR) is 82.7 cm³/mol. The van der Waals surface area contributed by atoms with Gasteiger partial charge in [0.25, 0.3) is 11.8 Å². The van der Waals surface area contributed by atoms with Gasteiger partial charge in [0.05, 0.1) is 35.3 Å². The summed E-state index contributed by atoms with van der Waals surface area (Å²) < 4.78 is 11.9. The molecule has 22 heavy (non-hydrogen) atoms. The van der Waals surface area contributed by atoms with Gasteiger partial charge in [0.15, 0.2) is 5.82 Å². The van der Waals surface area contributed by atoms with E-state index >= 15 is 0 Å². The molecule has 0 spiro atoms. The number of fused-ring (bicyclic) bond motifs is 1. The van der Waals surface area contributed by atoms with Crippen molar-refractivity contribution in [1.82, 2.24) is 24.7 Å². The lowest BCUT2D eigenvalue weighted by molar-refractivity contribution is 0.334. The van der Waals surface area contributed by atoms with Crippen molar-refractivity contribution in [2.75, 3.05) is 14.2 Å². The predicted octanol–water partition coefficient (Wildman–Crippen LogP) is 2.75. The van der Waals surface area contributed by atoms with Crippen molar-refractivity contribution in [2.45, 2.75) is 0 Å². The molecule has 7 nitrogen and oxygen atoms in total. The van der Waals surface area contributed by atoms with Gasteiger partial charge < -0.3 is 9.47 Å². The number of rotatable bonds is 3. The minimum absolute atomic E-state index is 0.241. The lowest BCUT2D eigenvalue weighted by atomic mass is 10.1. The number of aryl methyl sites for hydroxylation is 1. The van der Waals surface area contributed by atoms with Gasteiger partial charge in [-0.25, -0.2) is 15.0 Å². The molecule has 0 amide bonds. The number of aromatic nitrogens is 5. The molecule has 2 heterocycles. The van der Waals surface area contributed by atoms with Crippen molar-refractivity contribution in [3.8, 4) is 23.1 Å². The first-order valence-electron chi connectivity index (χ1n) is 6.19. The summed E-state index contributed by atoms with van der Waals surface area (Å²) in [5.74, 6) is 0.903. The van der Waals surface area contributed by atoms with Crippen molar-refractivity contribution in [1.29, 1.82) is 0 Å². The summed E-state index contributed by atoms with van der Waals surface area (Å²) >= 11 is 12.5. The topological polar surface area (TPSA) is 75.0 Å². The summed E-state index contributed by atoms with van der Waals surface area (Å²) in [7, 11) is 4.72. The molecule has 0 radical (unpaired) electrons. The molecule has 3 aromatic rings. The van der Waals surface area contributed by atoms with E-state index in [4.69, 9.17) is 32.7 Å². The van der Waals surface area contributed by atoms with E-state index in [1.807, 2.05) is 0 Å². The van der Waals surface area contributed by atoms with E-state index < -0.39 is 0 Å². The lowest BCUT2D eigenvalue weighted by Gasteiger charge is -2.10. The van der Waals surface area contributed by atoms with Crippen molar-refractivity contribution < 1.29 is 9.47 Å². The van der Waals surface area contributed by atoms with Gasteiger partial charge in [0.2, 0.25) is 0 Å². The monoisotopic (exact) mass is 339 g/mol. The Labute approximate surface area is 135 Å². The fraction of sp³-hybridized carbons (Fsp3) is 0.231. The highest BCUT2D eigenvalue weighted by atomic mass is 35.5. The van der Waals surface area contributed by atoms with Crippen LogP contribution in [-0.4, -0.2) is 39.0 Å². The number of hydrogen-bond donors (Lipinski definition) is 0. The van der Waals surface area contributed by atoms with Crippen LogP contribution in [0, 0.1) is 0 Å². The van der Waals surface area contributed by atoms with Gasteiger partial charge in [-0.1, -0.05) is 23.2 Å². The Hall–Kier alpha value is -2.12. The van der Waals surface area contributed by atoms with Gasteiger partial charge in [-0.15, -0.1) is 0 Å². The molecule has 0 aliphatic heterocycles. The lowest BCUT2D eigenvalue weighted by Crippen LogP contribution is -1.99. The third-order valence-electron chi connectivity index (χ3n) is 3.00. The summed E-state index contributed by atoms with van der Waals surface area (Å²) in [6, 6.07) is 1.61. The maximum absolute atomic E-state index is 6.32. The number of benzene rings is 1. The zero-order valence-corrected chi connectivity index (χ0v) is 13.5. The molecule has 2 aromatic heterocycles. The molecule has 3 rings (SSSR count). The molecule has 0 aliphatic carbocycles. The molecule has 0 aliphatic rings. The molecular weight excluding hydrogens is 329 g/mol. The molecule has 0 unspecified atom stereocenters. The van der Waals surface area contributed by atoms with Gasteiger partial charge in [0, 0.05) is 7.05 Å². The van der Waals surface area contributed by atoms with Crippen LogP contribution in [0.15, 0.2) is 12.4 Å². The first-order chi connectivity index (χ1) is 10.5. The van der Waals surface area contributed by atoms with Crippen LogP contribution < -0.4 is 9.47 Å². The Morgan fingerprint density at radius 2 is 1.77 bits per heavy atom. The molecule has 1 aromatic carbocycles. The number of methoxy groups -OCH3 is 2. The van der Waals surface area contributed by atoms with Gasteiger partial charge in [-0.05, 0) is 6.07 Å². The maximum Gasteiger partial charge on any atom is 0.278 e. The summed E-state index contributed by atoms with van der Waals surface area (Å²) in [5, 5.41) is 4.89. The molecule has 114 valence electrons. The molecule has 0 fully saturated rings. The van der Waals surface area contributed by atoms with Gasteiger partial charge >= 0.3 is 0 Å². The van der Waals surface area contributed by atoms with E-state index in [0.717, 1.165) is 0 Å². The molecule has 0 saturated heterocycles. The summed E-state index contributed by atoms with van der Waals surface area (Å²) in [6.45, 7) is 0. The van der Waals surface area contributed by atoms with Crippen LogP contribution in [0.3, 0.4) is 0 Å². The van der Waals surface area contributed by atoms with Crippen LogP contribution in [0.4, 0.5) is 0 Å². The molecule has 0 bridgehead atoms. The number of halogens is 2. The zero-order valence-electron chi connectivity index (χ0n) is 12.0. The van der Waals surface area contributed by atoms with Crippen molar-refractivity contribution in [2.24, 2.45) is 7.05 Å². The minimum Gasteiger partial charge on any atom is -0.477 e. The van der Waals surface area contributed by atoms with E-state index in [0.29, 0.717) is 32.5 Å². The fourth-order valence-corrected chi connectivity index (χ4v) is 2.46. The first kappa shape index (κ1) is 14.8. The standard InChI is InChI=1S/C13H11Cl2N5O2/c1-20-5-16-11(19-20)8-9(15)6(14)4-7-10(8)18-13(22-3)12(17-7)21-2/h4-5H,1-3H3. The van der Waals surface area contributed by atoms with E-state index in [9.17, 15) is 0 Å². The Bertz CT molecular complexity index is 865. The second kappa shape index (κ2) is 5.58. The van der Waals surface area contributed by atoms with Crippen LogP contribution in [0.2, 0.25) is 10.0 Å². The second-order valence-electron chi connectivity index (χ2n) is 4.40. The largest absolute Gasteiger partial charge is 0.477 e. The van der Waals surface area contributed by atoms with Crippen molar-refractivity contribution >= 4 is 34.2 Å². The normalized spacial score (nSPS) is 11.0. The Kier molecular flexibility index (Phi) is 3.76. The van der Waals surface area contributed by atoms with E-state index in [1.165, 1.54) is 14.2 Å². The SMILES string of the molecule is COc1nc2cc(Cl)c(Cl)c(-c3ncn(C)n3)c2nc1OC. The van der Waals surface area contributed by atoms with Crippen molar-refractivity contribution in [3.63, 3.8) is 0 Å². The Morgan fingerprint density at radius 1 is 1.09 bits per heavy atom. The summed E-state index contributed by atoms with van der Waals surface area (Å²) in [5.41, 5.74) is 1.49. The average Bonchev–Trinajstić information content (AvgIpc) is 2.93. The smallest absolute Gasteiger partial charge is 0.278 e. The Morgan fingerprint density at radius 3 is 2.36 bits per heavy atom. The quantitative estimate of drug-likeness (QED) is 0.730. The van der Waals surface area contributed by atoms with E-state index in [1.54, 1.807) is 24.1 Å².